The van der Waals surface area contributed by atoms with Crippen molar-refractivity contribution in [1.82, 2.24) is 9.38 Å². The Kier molecular flexibility index (Phi) is 3.18. The number of fused-ring (bicyclic) bond motifs is 1. The third kappa shape index (κ3) is 2.38. The minimum atomic E-state index is -0.447. The lowest BCUT2D eigenvalue weighted by atomic mass is 10.2. The van der Waals surface area contributed by atoms with Crippen LogP contribution in [0.25, 0.3) is 5.65 Å². The number of phenolic OH excluding ortho intramolecular Hbond substituents is 1. The summed E-state index contributed by atoms with van der Waals surface area (Å²) in [5, 5.41) is 21.7. The number of anilines is 2. The number of aliphatic hydroxyl groups excluding tert-OH is 1. The van der Waals surface area contributed by atoms with Gasteiger partial charge in [-0.15, -0.1) is 0 Å². The number of benzene rings is 1. The highest BCUT2D eigenvalue weighted by molar-refractivity contribution is 5.62. The van der Waals surface area contributed by atoms with E-state index in [4.69, 9.17) is 0 Å². The topological polar surface area (TPSA) is 86.9 Å². The van der Waals surface area contributed by atoms with Gasteiger partial charge in [-0.1, -0.05) is 6.07 Å². The van der Waals surface area contributed by atoms with Crippen LogP contribution >= 0.6 is 0 Å². The Balaban J connectivity index is 2.13. The lowest BCUT2D eigenvalue weighted by molar-refractivity contribution is 0.280. The maximum Gasteiger partial charge on any atom is 0.273 e. The van der Waals surface area contributed by atoms with Crippen LogP contribution in [-0.2, 0) is 6.61 Å². The molecule has 1 aromatic carbocycles. The summed E-state index contributed by atoms with van der Waals surface area (Å²) in [6.07, 6.45) is 2.64. The van der Waals surface area contributed by atoms with Crippen LogP contribution < -0.4 is 10.9 Å². The molecule has 0 saturated carbocycles. The van der Waals surface area contributed by atoms with Crippen LogP contribution in [0, 0.1) is 12.3 Å². The number of nitrogens with one attached hydrogen (secondary N) is 1. The molecule has 6 heteroatoms. The molecule has 0 spiro atoms. The van der Waals surface area contributed by atoms with Crippen LogP contribution in [0.2, 0.25) is 0 Å². The van der Waals surface area contributed by atoms with Gasteiger partial charge in [0.05, 0.1) is 12.2 Å². The van der Waals surface area contributed by atoms with E-state index in [9.17, 15) is 15.0 Å². The van der Waals surface area contributed by atoms with Gasteiger partial charge >= 0.3 is 0 Å². The molecule has 0 saturated heterocycles. The molecule has 0 amide bonds. The van der Waals surface area contributed by atoms with Crippen molar-refractivity contribution in [3.8, 4) is 5.75 Å². The number of nitrogens with zero attached hydrogens (tertiary/aromatic N) is 2. The van der Waals surface area contributed by atoms with Crippen molar-refractivity contribution in [3.05, 3.63) is 64.6 Å². The Labute approximate surface area is 120 Å². The number of hydrogen-bond acceptors (Lipinski definition) is 5. The summed E-state index contributed by atoms with van der Waals surface area (Å²) in [5.41, 5.74) is 0.777. The number of hydrogen-bond donors (Lipinski definition) is 3. The first kappa shape index (κ1) is 13.0. The molecule has 3 rings (SSSR count). The molecule has 0 unspecified atom stereocenters. The SMILES string of the molecule is O=c1c(CO)c(Nc2ccc(O)cc2)nc2ccc#cn12. The van der Waals surface area contributed by atoms with E-state index in [1.54, 1.807) is 24.3 Å². The molecule has 3 aromatic rings. The molecule has 0 fully saturated rings. The first-order chi connectivity index (χ1) is 10.2. The van der Waals surface area contributed by atoms with Gasteiger partial charge in [-0.2, -0.15) is 0 Å². The predicted molar refractivity (Wildman–Crippen MR) is 76.4 cm³/mol. The highest BCUT2D eigenvalue weighted by Gasteiger charge is 2.12. The Hall–Kier alpha value is -3.04. The highest BCUT2D eigenvalue weighted by Crippen LogP contribution is 2.19. The lowest BCUT2D eigenvalue weighted by Gasteiger charge is -2.10. The van der Waals surface area contributed by atoms with Crippen LogP contribution in [-0.4, -0.2) is 19.6 Å². The van der Waals surface area contributed by atoms with E-state index < -0.39 is 12.2 Å². The van der Waals surface area contributed by atoms with Crippen LogP contribution in [0.3, 0.4) is 0 Å². The van der Waals surface area contributed by atoms with E-state index in [1.165, 1.54) is 16.5 Å². The molecule has 2 aromatic heterocycles. The van der Waals surface area contributed by atoms with E-state index in [0.29, 0.717) is 11.3 Å². The molecule has 0 radical (unpaired) electrons. The standard InChI is InChI=1S/C15H11N3O3/c19-9-12-14(16-10-4-6-11(20)7-5-10)17-13-3-1-2-8-18(13)15(12)21/h1,3-7,16,19-20H,9H2. The van der Waals surface area contributed by atoms with Gasteiger partial charge in [-0.3, -0.25) is 4.79 Å². The van der Waals surface area contributed by atoms with Crippen molar-refractivity contribution in [2.24, 2.45) is 0 Å². The zero-order valence-electron chi connectivity index (χ0n) is 10.9. The number of aromatic hydroxyl groups is 1. The summed E-state index contributed by atoms with van der Waals surface area (Å²) < 4.78 is 1.20. The van der Waals surface area contributed by atoms with Gasteiger partial charge in [-0.05, 0) is 36.4 Å². The van der Waals surface area contributed by atoms with Crippen LogP contribution in [0.4, 0.5) is 11.5 Å². The van der Waals surface area contributed by atoms with E-state index in [2.05, 4.69) is 22.6 Å². The average molecular weight is 281 g/mol. The van der Waals surface area contributed by atoms with Crippen LogP contribution in [0.15, 0.2) is 41.2 Å². The highest BCUT2D eigenvalue weighted by atomic mass is 16.3. The van der Waals surface area contributed by atoms with Crippen molar-refractivity contribution >= 4 is 17.2 Å². The second-order valence-electron chi connectivity index (χ2n) is 4.36. The lowest BCUT2D eigenvalue weighted by Crippen LogP contribution is -2.21. The molecule has 0 aliphatic rings. The molecule has 6 nitrogen and oxygen atoms in total. The summed E-state index contributed by atoms with van der Waals surface area (Å²) in [7, 11) is 0. The zero-order valence-corrected chi connectivity index (χ0v) is 10.9. The molecule has 0 atom stereocenters. The second-order valence-corrected chi connectivity index (χ2v) is 4.36. The maximum atomic E-state index is 12.3. The van der Waals surface area contributed by atoms with Crippen molar-refractivity contribution in [2.75, 3.05) is 5.32 Å². The molecule has 0 bridgehead atoms. The summed E-state index contributed by atoms with van der Waals surface area (Å²) in [6, 6.07) is 12.2. The smallest absolute Gasteiger partial charge is 0.273 e. The Bertz CT molecular complexity index is 841. The molecule has 0 aliphatic heterocycles. The van der Waals surface area contributed by atoms with E-state index in [0.717, 1.165) is 0 Å². The maximum absolute atomic E-state index is 12.3. The van der Waals surface area contributed by atoms with Crippen molar-refractivity contribution in [2.45, 2.75) is 6.61 Å². The third-order valence-corrected chi connectivity index (χ3v) is 2.98. The zero-order chi connectivity index (χ0) is 14.8. The molecule has 21 heavy (non-hydrogen) atoms. The molecular weight excluding hydrogens is 270 g/mol. The Morgan fingerprint density at radius 3 is 2.71 bits per heavy atom. The van der Waals surface area contributed by atoms with Gasteiger partial charge in [-0.25, -0.2) is 9.38 Å². The van der Waals surface area contributed by atoms with Crippen molar-refractivity contribution < 1.29 is 10.2 Å². The van der Waals surface area contributed by atoms with Gasteiger partial charge in [0.25, 0.3) is 5.56 Å². The fourth-order valence-corrected chi connectivity index (χ4v) is 1.94. The third-order valence-electron chi connectivity index (χ3n) is 2.98. The summed E-state index contributed by atoms with van der Waals surface area (Å²) in [4.78, 5) is 16.6. The Morgan fingerprint density at radius 2 is 2.00 bits per heavy atom. The summed E-state index contributed by atoms with van der Waals surface area (Å²) in [6.45, 7) is -0.447. The van der Waals surface area contributed by atoms with Crippen molar-refractivity contribution in [3.63, 3.8) is 0 Å². The van der Waals surface area contributed by atoms with Crippen molar-refractivity contribution in [1.29, 1.82) is 0 Å². The van der Waals surface area contributed by atoms with Gasteiger partial charge in [0, 0.05) is 11.9 Å². The quantitative estimate of drug-likeness (QED) is 0.629. The minimum Gasteiger partial charge on any atom is -0.508 e. The molecule has 104 valence electrons. The fourth-order valence-electron chi connectivity index (χ4n) is 1.94. The van der Waals surface area contributed by atoms with Crippen LogP contribution in [0.1, 0.15) is 5.56 Å². The summed E-state index contributed by atoms with van der Waals surface area (Å²) >= 11 is 0. The number of rotatable bonds is 3. The fraction of sp³-hybridized carbons (Fsp3) is 0.0667. The monoisotopic (exact) mass is 281 g/mol. The second kappa shape index (κ2) is 5.15. The van der Waals surface area contributed by atoms with Gasteiger partial charge in [0.15, 0.2) is 5.65 Å². The Morgan fingerprint density at radius 1 is 1.24 bits per heavy atom. The average Bonchev–Trinajstić information content (AvgIpc) is 2.50. The summed E-state index contributed by atoms with van der Waals surface area (Å²) in [5.74, 6) is 0.410. The van der Waals surface area contributed by atoms with E-state index in [-0.39, 0.29) is 17.1 Å². The largest absolute Gasteiger partial charge is 0.508 e. The normalized spacial score (nSPS) is 10.3. The number of aliphatic hydroxyl groups is 1. The van der Waals surface area contributed by atoms with E-state index in [1.807, 2.05) is 0 Å². The number of phenols is 1. The number of aromatic nitrogens is 2. The predicted octanol–water partition coefficient (Wildman–Crippen LogP) is 1.24. The first-order valence-electron chi connectivity index (χ1n) is 6.20. The molecule has 3 N–H and O–H groups in total. The molecular formula is C15H11N3O3. The first-order valence-corrected chi connectivity index (χ1v) is 6.20. The van der Waals surface area contributed by atoms with Gasteiger partial charge in [0.2, 0.25) is 0 Å². The van der Waals surface area contributed by atoms with Gasteiger partial charge < -0.3 is 15.5 Å². The molecule has 0 aliphatic carbocycles. The minimum absolute atomic E-state index is 0.136. The van der Waals surface area contributed by atoms with Gasteiger partial charge in [0.1, 0.15) is 11.6 Å². The molecule has 2 heterocycles. The van der Waals surface area contributed by atoms with E-state index >= 15 is 0 Å². The van der Waals surface area contributed by atoms with Crippen LogP contribution in [0.5, 0.6) is 5.75 Å².